The number of allylic oxidation sites excluding steroid dienone is 5. The SMILES string of the molecule is COC(=O)c1ccc(/C=C/C(=O)c2c(-c3cc(O)c4c5c(ccc4c3)C3=C(CC(C)(C)C=C3)CC5(C)C)ccc3ccccc23)cc1. The molecule has 47 heavy (non-hydrogen) atoms. The molecule has 0 bridgehead atoms. The molecular weight excluding hydrogens is 580 g/mol. The number of hydrogen-bond donors (Lipinski definition) is 1. The van der Waals surface area contributed by atoms with Crippen molar-refractivity contribution in [2.75, 3.05) is 7.11 Å². The van der Waals surface area contributed by atoms with Crippen molar-refractivity contribution in [3.63, 3.8) is 0 Å². The van der Waals surface area contributed by atoms with Crippen molar-refractivity contribution in [1.82, 2.24) is 0 Å². The third-order valence-corrected chi connectivity index (χ3v) is 9.72. The molecule has 0 heterocycles. The molecule has 5 aromatic carbocycles. The molecule has 4 nitrogen and oxygen atoms in total. The van der Waals surface area contributed by atoms with E-state index >= 15 is 0 Å². The fourth-order valence-corrected chi connectivity index (χ4v) is 7.60. The van der Waals surface area contributed by atoms with Crippen LogP contribution in [0.25, 0.3) is 44.3 Å². The Bertz CT molecular complexity index is 2210. The van der Waals surface area contributed by atoms with Crippen LogP contribution in [0.1, 0.15) is 77.9 Å². The Balaban J connectivity index is 1.34. The Kier molecular flexibility index (Phi) is 7.28. The van der Waals surface area contributed by atoms with Gasteiger partial charge in [-0.2, -0.15) is 0 Å². The van der Waals surface area contributed by atoms with Crippen molar-refractivity contribution in [2.24, 2.45) is 5.41 Å². The quantitative estimate of drug-likeness (QED) is 0.121. The highest BCUT2D eigenvalue weighted by Crippen LogP contribution is 2.52. The topological polar surface area (TPSA) is 63.6 Å². The second kappa shape index (κ2) is 11.2. The Morgan fingerprint density at radius 1 is 0.830 bits per heavy atom. The summed E-state index contributed by atoms with van der Waals surface area (Å²) in [7, 11) is 1.35. The van der Waals surface area contributed by atoms with E-state index in [0.717, 1.165) is 51.1 Å². The molecule has 1 N–H and O–H groups in total. The van der Waals surface area contributed by atoms with Crippen molar-refractivity contribution < 1.29 is 19.4 Å². The molecule has 0 saturated heterocycles. The number of carbonyl (C=O) groups excluding carboxylic acids is 2. The van der Waals surface area contributed by atoms with Gasteiger partial charge in [-0.25, -0.2) is 4.79 Å². The largest absolute Gasteiger partial charge is 0.507 e. The number of ketones is 1. The van der Waals surface area contributed by atoms with Crippen LogP contribution in [0.3, 0.4) is 0 Å². The molecule has 0 radical (unpaired) electrons. The first-order chi connectivity index (χ1) is 22.5. The number of fused-ring (bicyclic) bond motifs is 5. The summed E-state index contributed by atoms with van der Waals surface area (Å²) in [4.78, 5) is 25.9. The fourth-order valence-electron chi connectivity index (χ4n) is 7.60. The van der Waals surface area contributed by atoms with Gasteiger partial charge in [-0.15, -0.1) is 0 Å². The van der Waals surface area contributed by atoms with Crippen LogP contribution in [0.5, 0.6) is 5.75 Å². The number of hydrogen-bond acceptors (Lipinski definition) is 4. The number of methoxy groups -OCH3 is 1. The van der Waals surface area contributed by atoms with Crippen LogP contribution in [0.2, 0.25) is 0 Å². The lowest BCUT2D eigenvalue weighted by Crippen LogP contribution is -2.27. The van der Waals surface area contributed by atoms with Gasteiger partial charge in [-0.1, -0.05) is 112 Å². The summed E-state index contributed by atoms with van der Waals surface area (Å²) in [6.07, 6.45) is 9.90. The fraction of sp³-hybridized carbons (Fsp3) is 0.209. The van der Waals surface area contributed by atoms with E-state index in [2.05, 4.69) is 58.0 Å². The summed E-state index contributed by atoms with van der Waals surface area (Å²) in [5.41, 5.74) is 8.49. The molecule has 0 aliphatic heterocycles. The van der Waals surface area contributed by atoms with Gasteiger partial charge < -0.3 is 9.84 Å². The maximum absolute atomic E-state index is 14.0. The van der Waals surface area contributed by atoms with Gasteiger partial charge in [-0.05, 0) is 104 Å². The number of phenolic OH excluding ortho intramolecular Hbond substituents is 1. The van der Waals surface area contributed by atoms with E-state index in [1.54, 1.807) is 36.4 Å². The first-order valence-electron chi connectivity index (χ1n) is 16.1. The smallest absolute Gasteiger partial charge is 0.337 e. The van der Waals surface area contributed by atoms with Gasteiger partial charge >= 0.3 is 5.97 Å². The van der Waals surface area contributed by atoms with Crippen molar-refractivity contribution in [2.45, 2.75) is 46.0 Å². The number of aromatic hydroxyl groups is 1. The van der Waals surface area contributed by atoms with E-state index in [4.69, 9.17) is 4.74 Å². The molecule has 7 rings (SSSR count). The Labute approximate surface area is 275 Å². The van der Waals surface area contributed by atoms with Gasteiger partial charge in [0.25, 0.3) is 0 Å². The van der Waals surface area contributed by atoms with Gasteiger partial charge in [0, 0.05) is 10.9 Å². The molecule has 2 aliphatic rings. The molecule has 5 aromatic rings. The second-order valence-corrected chi connectivity index (χ2v) is 14.2. The lowest BCUT2D eigenvalue weighted by molar-refractivity contribution is 0.0600. The lowest BCUT2D eigenvalue weighted by atomic mass is 9.64. The second-order valence-electron chi connectivity index (χ2n) is 14.2. The average molecular weight is 619 g/mol. The van der Waals surface area contributed by atoms with Gasteiger partial charge in [-0.3, -0.25) is 4.79 Å². The molecule has 0 amide bonds. The van der Waals surface area contributed by atoms with Gasteiger partial charge in [0.15, 0.2) is 5.78 Å². The first kappa shape index (κ1) is 30.4. The van der Waals surface area contributed by atoms with Gasteiger partial charge in [0.05, 0.1) is 12.7 Å². The molecule has 0 fully saturated rings. The molecule has 0 atom stereocenters. The van der Waals surface area contributed by atoms with Crippen molar-refractivity contribution in [3.05, 3.63) is 137 Å². The number of carbonyl (C=O) groups is 2. The number of phenols is 1. The minimum atomic E-state index is -0.406. The number of benzene rings is 5. The van der Waals surface area contributed by atoms with E-state index in [0.29, 0.717) is 11.1 Å². The van der Waals surface area contributed by atoms with Crippen molar-refractivity contribution in [1.29, 1.82) is 0 Å². The van der Waals surface area contributed by atoms with E-state index in [9.17, 15) is 14.7 Å². The summed E-state index contributed by atoms with van der Waals surface area (Å²) in [6.45, 7) is 9.13. The molecule has 0 unspecified atom stereocenters. The van der Waals surface area contributed by atoms with Crippen LogP contribution in [-0.2, 0) is 10.2 Å². The summed E-state index contributed by atoms with van der Waals surface area (Å²) < 4.78 is 4.80. The van der Waals surface area contributed by atoms with E-state index in [1.165, 1.54) is 29.4 Å². The maximum atomic E-state index is 14.0. The number of rotatable bonds is 5. The Morgan fingerprint density at radius 2 is 1.55 bits per heavy atom. The lowest BCUT2D eigenvalue weighted by Gasteiger charge is -2.40. The minimum Gasteiger partial charge on any atom is -0.507 e. The van der Waals surface area contributed by atoms with Crippen molar-refractivity contribution in [3.8, 4) is 16.9 Å². The van der Waals surface area contributed by atoms with Crippen LogP contribution in [0, 0.1) is 5.41 Å². The summed E-state index contributed by atoms with van der Waals surface area (Å²) >= 11 is 0. The molecule has 0 saturated carbocycles. The summed E-state index contributed by atoms with van der Waals surface area (Å²) in [5, 5.41) is 15.4. The minimum absolute atomic E-state index is 0.139. The molecular formula is C43H38O4. The highest BCUT2D eigenvalue weighted by molar-refractivity contribution is 6.19. The van der Waals surface area contributed by atoms with Crippen LogP contribution in [0.4, 0.5) is 0 Å². The molecule has 0 spiro atoms. The molecule has 234 valence electrons. The van der Waals surface area contributed by atoms with Gasteiger partial charge in [0.1, 0.15) is 5.75 Å². The Hall–Kier alpha value is -5.22. The molecule has 4 heteroatoms. The van der Waals surface area contributed by atoms with Crippen LogP contribution in [-0.4, -0.2) is 24.0 Å². The number of ether oxygens (including phenoxy) is 1. The van der Waals surface area contributed by atoms with Crippen LogP contribution in [0.15, 0.2) is 109 Å². The summed E-state index contributed by atoms with van der Waals surface area (Å²) in [5.74, 6) is -0.331. The predicted octanol–water partition coefficient (Wildman–Crippen LogP) is 10.5. The zero-order valence-corrected chi connectivity index (χ0v) is 27.5. The Morgan fingerprint density at radius 3 is 2.32 bits per heavy atom. The van der Waals surface area contributed by atoms with Crippen molar-refractivity contribution >= 4 is 44.9 Å². The summed E-state index contributed by atoms with van der Waals surface area (Å²) in [6, 6.07) is 27.0. The normalized spacial score (nSPS) is 16.4. The highest BCUT2D eigenvalue weighted by Gasteiger charge is 2.37. The highest BCUT2D eigenvalue weighted by atomic mass is 16.5. The van der Waals surface area contributed by atoms with Crippen LogP contribution >= 0.6 is 0 Å². The standard InChI is InChI=1S/C43H38O4/c1-42(2)21-20-32-31(24-42)25-43(3,4)40-35(32)18-16-29-22-30(23-37(45)38(29)40)34-17-15-27-8-6-7-9-33(27)39(34)36(44)19-12-26-10-13-28(14-11-26)41(46)47-5/h6-23,45H,24-25H2,1-5H3/b19-12+. The first-order valence-corrected chi connectivity index (χ1v) is 16.1. The maximum Gasteiger partial charge on any atom is 0.337 e. The van der Waals surface area contributed by atoms with E-state index in [-0.39, 0.29) is 22.4 Å². The third-order valence-electron chi connectivity index (χ3n) is 9.72. The zero-order chi connectivity index (χ0) is 33.1. The third kappa shape index (κ3) is 5.38. The zero-order valence-electron chi connectivity index (χ0n) is 27.5. The van der Waals surface area contributed by atoms with Gasteiger partial charge in [0.2, 0.25) is 0 Å². The monoisotopic (exact) mass is 618 g/mol. The molecule has 2 aliphatic carbocycles. The van der Waals surface area contributed by atoms with E-state index < -0.39 is 5.97 Å². The number of esters is 1. The molecule has 0 aromatic heterocycles. The average Bonchev–Trinajstić information content (AvgIpc) is 3.05. The van der Waals surface area contributed by atoms with E-state index in [1.807, 2.05) is 42.5 Å². The van der Waals surface area contributed by atoms with Crippen LogP contribution < -0.4 is 0 Å². The predicted molar refractivity (Wildman–Crippen MR) is 192 cm³/mol.